The summed E-state index contributed by atoms with van der Waals surface area (Å²) < 4.78 is 61.4. The van der Waals surface area contributed by atoms with Gasteiger partial charge in [0.1, 0.15) is 74.3 Å². The topological polar surface area (TPSA) is 207 Å². The van der Waals surface area contributed by atoms with Crippen LogP contribution in [0.4, 0.5) is 0 Å². The molecule has 0 radical (unpaired) electrons. The van der Waals surface area contributed by atoms with Crippen molar-refractivity contribution < 1.29 is 77.4 Å². The summed E-state index contributed by atoms with van der Waals surface area (Å²) in [5.41, 5.74) is 3.56. The third-order valence-electron chi connectivity index (χ3n) is 12.3. The van der Waals surface area contributed by atoms with Gasteiger partial charge in [-0.15, -0.1) is 34.8 Å². The third-order valence-corrected chi connectivity index (χ3v) is 13.5. The molecular weight excluding hydrogens is 987 g/mol. The first kappa shape index (κ1) is 55.0. The fourth-order valence-corrected chi connectivity index (χ4v) is 9.12. The molecule has 0 saturated carbocycles. The summed E-state index contributed by atoms with van der Waals surface area (Å²) in [5.74, 6) is -3.93. The maximum Gasteiger partial charge on any atom is 0.305 e. The van der Waals surface area contributed by atoms with E-state index in [4.69, 9.17) is 82.2 Å². The Balaban J connectivity index is 0.975. The fourth-order valence-electron chi connectivity index (χ4n) is 8.31. The molecule has 4 N–H and O–H groups in total. The van der Waals surface area contributed by atoms with Crippen LogP contribution in [0.15, 0.2) is 121 Å². The van der Waals surface area contributed by atoms with Crippen molar-refractivity contribution in [2.45, 2.75) is 130 Å². The Labute approximate surface area is 427 Å². The van der Waals surface area contributed by atoms with Crippen molar-refractivity contribution in [3.8, 4) is 0 Å². The third kappa shape index (κ3) is 15.2. The first-order valence-corrected chi connectivity index (χ1v) is 25.1. The Morgan fingerprint density at radius 2 is 1.24 bits per heavy atom. The summed E-state index contributed by atoms with van der Waals surface area (Å²) in [6.45, 7) is 0.165. The minimum Gasteiger partial charge on any atom is -0.463 e. The second kappa shape index (κ2) is 27.5. The number of ether oxygens (including phenoxy) is 10. The van der Waals surface area contributed by atoms with Gasteiger partial charge in [0.15, 0.2) is 12.6 Å². The van der Waals surface area contributed by atoms with Crippen LogP contribution in [-0.4, -0.2) is 142 Å². The summed E-state index contributed by atoms with van der Waals surface area (Å²) >= 11 is 18.3. The lowest BCUT2D eigenvalue weighted by molar-refractivity contribution is -0.357. The summed E-state index contributed by atoms with van der Waals surface area (Å²) in [4.78, 5) is 26.3. The highest BCUT2D eigenvalue weighted by atomic mass is 35.5. The van der Waals surface area contributed by atoms with Crippen LogP contribution in [0.1, 0.15) is 54.2 Å². The van der Waals surface area contributed by atoms with E-state index in [1.807, 2.05) is 121 Å². The van der Waals surface area contributed by atoms with Crippen LogP contribution in [-0.2, 0) is 76.8 Å². The molecule has 19 heteroatoms. The smallest absolute Gasteiger partial charge is 0.305 e. The summed E-state index contributed by atoms with van der Waals surface area (Å²) in [6.07, 6.45) is -13.8. The second-order valence-electron chi connectivity index (χ2n) is 17.5. The number of carbonyl (C=O) groups excluding carboxylic acids is 2. The second-order valence-corrected chi connectivity index (χ2v) is 18.5. The summed E-state index contributed by atoms with van der Waals surface area (Å²) in [5, 5.41) is 41.2. The molecule has 0 amide bonds. The van der Waals surface area contributed by atoms with E-state index in [1.165, 1.54) is 0 Å². The molecule has 0 aromatic heterocycles. The molecule has 14 atom stereocenters. The van der Waals surface area contributed by atoms with Gasteiger partial charge < -0.3 is 67.8 Å². The van der Waals surface area contributed by atoms with Crippen LogP contribution in [0.5, 0.6) is 0 Å². The zero-order chi connectivity index (χ0) is 50.2. The van der Waals surface area contributed by atoms with Crippen molar-refractivity contribution >= 4 is 46.7 Å². The number of esters is 2. The van der Waals surface area contributed by atoms with Gasteiger partial charge in [-0.1, -0.05) is 121 Å². The monoisotopic (exact) mass is 1050 g/mol. The average Bonchev–Trinajstić information content (AvgIpc) is 3.65. The zero-order valence-corrected chi connectivity index (χ0v) is 41.1. The molecule has 3 heterocycles. The number of aliphatic hydroxyl groups excluding tert-OH is 4. The molecule has 16 nitrogen and oxygen atoms in total. The lowest BCUT2D eigenvalue weighted by atomic mass is 10.0. The molecule has 7 rings (SSSR count). The maximum absolute atomic E-state index is 13.5. The number of benzene rings is 4. The Hall–Kier alpha value is -3.79. The van der Waals surface area contributed by atoms with Crippen LogP contribution in [0.2, 0.25) is 0 Å². The highest BCUT2D eigenvalue weighted by Gasteiger charge is 2.58. The Morgan fingerprint density at radius 3 is 1.82 bits per heavy atom. The van der Waals surface area contributed by atoms with E-state index in [0.717, 1.165) is 22.3 Å². The van der Waals surface area contributed by atoms with E-state index in [0.29, 0.717) is 0 Å². The van der Waals surface area contributed by atoms with Crippen LogP contribution < -0.4 is 0 Å². The van der Waals surface area contributed by atoms with Gasteiger partial charge in [-0.25, -0.2) is 0 Å². The van der Waals surface area contributed by atoms with Crippen molar-refractivity contribution in [3.63, 3.8) is 0 Å². The van der Waals surface area contributed by atoms with E-state index in [1.54, 1.807) is 0 Å². The maximum atomic E-state index is 13.5. The molecule has 3 saturated heterocycles. The number of unbranched alkanes of at least 4 members (excludes halogenated alkanes) is 1. The molecule has 0 spiro atoms. The standard InChI is InChI=1S/C52H61Cl3O16/c53-25-37-44(58)49(61)52(32-54,70-37)71-51-46(60)45(59)43(55)38(68-51)29-64-41(56)23-13-14-24-42(57)65-30-39(62-26-33-15-5-1-6-16-33)47(66-28-35-19-9-3-10-20-35)48-40(63-27-34-17-7-2-8-18-34)31-67-50(69-48)36-21-11-4-12-22-36/h1-12,15-22,37-40,43-51,58-61H,13-14,23-32H2/t37-,38?,39+,40+,43+,44?,45+,46?,47?,48?,49-,50-,51-,52+/m1/s1. The van der Waals surface area contributed by atoms with E-state index in [-0.39, 0.29) is 64.6 Å². The summed E-state index contributed by atoms with van der Waals surface area (Å²) in [6, 6.07) is 38.6. The van der Waals surface area contributed by atoms with Crippen LogP contribution in [0, 0.1) is 0 Å². The number of carbonyl (C=O) groups is 2. The zero-order valence-electron chi connectivity index (χ0n) is 38.9. The summed E-state index contributed by atoms with van der Waals surface area (Å²) in [7, 11) is 0. The predicted molar refractivity (Wildman–Crippen MR) is 258 cm³/mol. The lowest BCUT2D eigenvalue weighted by Crippen LogP contribution is -2.61. The molecular formula is C52H61Cl3O16. The van der Waals surface area contributed by atoms with Crippen molar-refractivity contribution in [2.75, 3.05) is 31.6 Å². The average molecular weight is 1050 g/mol. The van der Waals surface area contributed by atoms with Crippen LogP contribution in [0.3, 0.4) is 0 Å². The lowest BCUT2D eigenvalue weighted by Gasteiger charge is -2.43. The van der Waals surface area contributed by atoms with Crippen LogP contribution >= 0.6 is 34.8 Å². The first-order valence-electron chi connectivity index (χ1n) is 23.6. The molecule has 3 aliphatic rings. The van der Waals surface area contributed by atoms with Crippen molar-refractivity contribution in [2.24, 2.45) is 0 Å². The highest BCUT2D eigenvalue weighted by Crippen LogP contribution is 2.39. The van der Waals surface area contributed by atoms with Crippen LogP contribution in [0.25, 0.3) is 0 Å². The number of hydrogen-bond donors (Lipinski definition) is 4. The van der Waals surface area contributed by atoms with Gasteiger partial charge in [-0.3, -0.25) is 9.59 Å². The number of aliphatic hydroxyl groups is 4. The minimum absolute atomic E-state index is 0.0327. The minimum atomic E-state index is -2.05. The number of alkyl halides is 3. The van der Waals surface area contributed by atoms with E-state index < -0.39 is 109 Å². The van der Waals surface area contributed by atoms with Gasteiger partial charge in [0.2, 0.25) is 5.79 Å². The van der Waals surface area contributed by atoms with Crippen molar-refractivity contribution in [1.82, 2.24) is 0 Å². The Bertz CT molecular complexity index is 2190. The molecule has 0 bridgehead atoms. The molecule has 4 aromatic rings. The Morgan fingerprint density at radius 1 is 0.676 bits per heavy atom. The number of halogens is 3. The van der Waals surface area contributed by atoms with Gasteiger partial charge in [-0.2, -0.15) is 0 Å². The largest absolute Gasteiger partial charge is 0.463 e. The molecule has 3 fully saturated rings. The highest BCUT2D eigenvalue weighted by molar-refractivity contribution is 6.21. The van der Waals surface area contributed by atoms with Gasteiger partial charge in [0.25, 0.3) is 0 Å². The predicted octanol–water partition coefficient (Wildman–Crippen LogP) is 5.87. The molecule has 0 aliphatic carbocycles. The van der Waals surface area contributed by atoms with Gasteiger partial charge >= 0.3 is 11.9 Å². The number of hydrogen-bond acceptors (Lipinski definition) is 16. The molecule has 5 unspecified atom stereocenters. The van der Waals surface area contributed by atoms with Gasteiger partial charge in [-0.05, 0) is 29.5 Å². The van der Waals surface area contributed by atoms with E-state index >= 15 is 0 Å². The SMILES string of the molecule is O=C(CCCCC(=O)OC[C@H](OCc1ccccc1)C(OCc1ccccc1)C1O[C@H](c2ccccc2)OC[C@@H]1OCc1ccccc1)OCC1O[C@H](O[C@]2(CCl)O[C@H](CCl)C(O)[C@H]2O)C(O)[C@@H](O)[C@H]1Cl. The Kier molecular flexibility index (Phi) is 21.3. The molecule has 3 aliphatic heterocycles. The molecule has 71 heavy (non-hydrogen) atoms. The van der Waals surface area contributed by atoms with Gasteiger partial charge in [0, 0.05) is 18.4 Å². The quantitative estimate of drug-likeness (QED) is 0.0348. The van der Waals surface area contributed by atoms with Crippen molar-refractivity contribution in [1.29, 1.82) is 0 Å². The van der Waals surface area contributed by atoms with E-state index in [2.05, 4.69) is 0 Å². The number of rotatable bonds is 25. The fraction of sp³-hybridized carbons (Fsp3) is 0.500. The van der Waals surface area contributed by atoms with E-state index in [9.17, 15) is 30.0 Å². The normalized spacial score (nSPS) is 29.5. The molecule has 386 valence electrons. The first-order chi connectivity index (χ1) is 34.5. The molecule has 4 aromatic carbocycles. The van der Waals surface area contributed by atoms with Crippen molar-refractivity contribution in [3.05, 3.63) is 144 Å². The van der Waals surface area contributed by atoms with Gasteiger partial charge in [0.05, 0.1) is 43.6 Å².